The molecular weight excluding hydrogens is 348 g/mol. The van der Waals surface area contributed by atoms with E-state index in [2.05, 4.69) is 5.32 Å². The first-order valence-electron chi connectivity index (χ1n) is 8.15. The molecule has 2 rings (SSSR count). The lowest BCUT2D eigenvalue weighted by molar-refractivity contribution is 0.0920. The Hall–Kier alpha value is -1.25. The van der Waals surface area contributed by atoms with Crippen molar-refractivity contribution in [2.45, 2.75) is 37.6 Å². The van der Waals surface area contributed by atoms with E-state index in [1.165, 1.54) is 4.31 Å². The smallest absolute Gasteiger partial charge is 0.252 e. The molecule has 1 aromatic carbocycles. The zero-order valence-corrected chi connectivity index (χ0v) is 15.7. The first-order chi connectivity index (χ1) is 11.4. The van der Waals surface area contributed by atoms with Gasteiger partial charge >= 0.3 is 0 Å². The van der Waals surface area contributed by atoms with E-state index in [1.54, 1.807) is 31.2 Å². The summed E-state index contributed by atoms with van der Waals surface area (Å²) >= 11 is 0. The zero-order valence-electron chi connectivity index (χ0n) is 14.0. The van der Waals surface area contributed by atoms with Gasteiger partial charge in [-0.05, 0) is 31.9 Å². The van der Waals surface area contributed by atoms with Gasteiger partial charge in [-0.15, -0.1) is 0 Å². The van der Waals surface area contributed by atoms with Gasteiger partial charge in [0.2, 0.25) is 10.0 Å². The van der Waals surface area contributed by atoms with Crippen LogP contribution in [0.1, 0.15) is 37.0 Å². The topological polar surface area (TPSA) is 83.6 Å². The molecule has 6 nitrogen and oxygen atoms in total. The molecule has 1 N–H and O–H groups in total. The summed E-state index contributed by atoms with van der Waals surface area (Å²) in [4.78, 5) is 13.1. The number of hydrogen-bond acceptors (Lipinski definition) is 4. The molecule has 24 heavy (non-hydrogen) atoms. The van der Waals surface area contributed by atoms with Crippen LogP contribution in [0.25, 0.3) is 0 Å². The fourth-order valence-corrected chi connectivity index (χ4v) is 4.81. The highest BCUT2D eigenvalue weighted by atomic mass is 32.2. The number of benzene rings is 1. The van der Waals surface area contributed by atoms with Crippen LogP contribution in [-0.4, -0.2) is 53.5 Å². The van der Waals surface area contributed by atoms with E-state index in [4.69, 9.17) is 0 Å². The van der Waals surface area contributed by atoms with Crippen molar-refractivity contribution in [3.05, 3.63) is 29.8 Å². The molecule has 1 fully saturated rings. The summed E-state index contributed by atoms with van der Waals surface area (Å²) in [6, 6.07) is 6.85. The minimum absolute atomic E-state index is 0.0658. The molecule has 0 radical (unpaired) electrons. The monoisotopic (exact) mass is 372 g/mol. The van der Waals surface area contributed by atoms with E-state index < -0.39 is 20.8 Å². The molecule has 1 unspecified atom stereocenters. The van der Waals surface area contributed by atoms with Crippen LogP contribution in [-0.2, 0) is 20.8 Å². The summed E-state index contributed by atoms with van der Waals surface area (Å²) in [6.07, 6.45) is 1.17. The first kappa shape index (κ1) is 19.1. The van der Waals surface area contributed by atoms with Gasteiger partial charge in [0.05, 0.1) is 27.0 Å². The second-order valence-electron chi connectivity index (χ2n) is 5.68. The van der Waals surface area contributed by atoms with Crippen LogP contribution < -0.4 is 5.32 Å². The van der Waals surface area contributed by atoms with E-state index in [0.29, 0.717) is 42.1 Å². The molecule has 1 atom stereocenters. The van der Waals surface area contributed by atoms with Crippen LogP contribution >= 0.6 is 0 Å². The quantitative estimate of drug-likeness (QED) is 0.817. The molecule has 0 bridgehead atoms. The van der Waals surface area contributed by atoms with E-state index in [9.17, 15) is 17.4 Å². The van der Waals surface area contributed by atoms with Gasteiger partial charge in [0.25, 0.3) is 5.91 Å². The van der Waals surface area contributed by atoms with Crippen LogP contribution in [0, 0.1) is 0 Å². The molecule has 1 amide bonds. The highest BCUT2D eigenvalue weighted by molar-refractivity contribution is 7.89. The highest BCUT2D eigenvalue weighted by Crippen LogP contribution is 2.17. The third kappa shape index (κ3) is 4.43. The Bertz CT molecular complexity index is 711. The Kier molecular flexibility index (Phi) is 6.54. The largest absolute Gasteiger partial charge is 0.349 e. The Morgan fingerprint density at radius 3 is 2.46 bits per heavy atom. The van der Waals surface area contributed by atoms with Crippen molar-refractivity contribution >= 4 is 26.7 Å². The van der Waals surface area contributed by atoms with Crippen molar-refractivity contribution in [2.24, 2.45) is 0 Å². The standard InChI is InChI=1S/C16H24N2O4S2/c1-3-23(20)15-8-6-5-7-14(15)16(19)17-13-9-11-18(12-10-13)24(21,22)4-2/h5-8,13H,3-4,9-12H2,1-2H3,(H,17,19). The van der Waals surface area contributed by atoms with Crippen molar-refractivity contribution in [2.75, 3.05) is 24.6 Å². The Labute approximate surface area is 146 Å². The van der Waals surface area contributed by atoms with Gasteiger partial charge < -0.3 is 5.32 Å². The third-order valence-electron chi connectivity index (χ3n) is 4.19. The van der Waals surface area contributed by atoms with E-state index in [0.717, 1.165) is 0 Å². The van der Waals surface area contributed by atoms with Crippen molar-refractivity contribution in [3.63, 3.8) is 0 Å². The predicted octanol–water partition coefficient (Wildman–Crippen LogP) is 1.36. The fraction of sp³-hybridized carbons (Fsp3) is 0.562. The van der Waals surface area contributed by atoms with Crippen LogP contribution in [0.4, 0.5) is 0 Å². The number of piperidine rings is 1. The molecular formula is C16H24N2O4S2. The summed E-state index contributed by atoms with van der Waals surface area (Å²) in [5.74, 6) is 0.307. The summed E-state index contributed by atoms with van der Waals surface area (Å²) in [6.45, 7) is 4.29. The lowest BCUT2D eigenvalue weighted by Crippen LogP contribution is -2.47. The van der Waals surface area contributed by atoms with Gasteiger partial charge in [-0.1, -0.05) is 19.1 Å². The average molecular weight is 373 g/mol. The molecule has 0 aromatic heterocycles. The third-order valence-corrected chi connectivity index (χ3v) is 7.44. The number of nitrogens with one attached hydrogen (secondary N) is 1. The van der Waals surface area contributed by atoms with E-state index in [1.807, 2.05) is 6.92 Å². The SMILES string of the molecule is CCS(=O)c1ccccc1C(=O)NC1CCN(S(=O)(=O)CC)CC1. The second-order valence-corrected chi connectivity index (χ2v) is 9.64. The van der Waals surface area contributed by atoms with Gasteiger partial charge in [0.1, 0.15) is 0 Å². The maximum absolute atomic E-state index is 12.5. The highest BCUT2D eigenvalue weighted by Gasteiger charge is 2.28. The number of carbonyl (C=O) groups excluding carboxylic acids is 1. The summed E-state index contributed by atoms with van der Waals surface area (Å²) in [5, 5.41) is 2.95. The van der Waals surface area contributed by atoms with Gasteiger partial charge in [-0.2, -0.15) is 0 Å². The van der Waals surface area contributed by atoms with Gasteiger partial charge in [0.15, 0.2) is 0 Å². The predicted molar refractivity (Wildman–Crippen MR) is 94.9 cm³/mol. The summed E-state index contributed by atoms with van der Waals surface area (Å²) in [5.41, 5.74) is 0.432. The van der Waals surface area contributed by atoms with Gasteiger partial charge in [-0.3, -0.25) is 9.00 Å². The number of carbonyl (C=O) groups is 1. The van der Waals surface area contributed by atoms with Crippen molar-refractivity contribution in [1.29, 1.82) is 0 Å². The lowest BCUT2D eigenvalue weighted by atomic mass is 10.1. The van der Waals surface area contributed by atoms with Crippen molar-refractivity contribution in [1.82, 2.24) is 9.62 Å². The molecule has 1 aliphatic heterocycles. The molecule has 0 spiro atoms. The molecule has 1 saturated heterocycles. The van der Waals surface area contributed by atoms with Gasteiger partial charge in [0, 0.05) is 24.9 Å². The second kappa shape index (κ2) is 8.22. The molecule has 8 heteroatoms. The van der Waals surface area contributed by atoms with E-state index in [-0.39, 0.29) is 17.7 Å². The van der Waals surface area contributed by atoms with Crippen LogP contribution in [0.2, 0.25) is 0 Å². The number of hydrogen-bond donors (Lipinski definition) is 1. The molecule has 1 heterocycles. The first-order valence-corrected chi connectivity index (χ1v) is 11.1. The zero-order chi connectivity index (χ0) is 17.7. The van der Waals surface area contributed by atoms with Crippen molar-refractivity contribution in [3.8, 4) is 0 Å². The molecule has 0 aliphatic carbocycles. The van der Waals surface area contributed by atoms with Crippen molar-refractivity contribution < 1.29 is 17.4 Å². The minimum atomic E-state index is -3.17. The van der Waals surface area contributed by atoms with Crippen LogP contribution in [0.5, 0.6) is 0 Å². The lowest BCUT2D eigenvalue weighted by Gasteiger charge is -2.31. The molecule has 1 aliphatic rings. The Morgan fingerprint density at radius 1 is 1.25 bits per heavy atom. The minimum Gasteiger partial charge on any atom is -0.349 e. The molecule has 0 saturated carbocycles. The van der Waals surface area contributed by atoms with Crippen LogP contribution in [0.15, 0.2) is 29.2 Å². The summed E-state index contributed by atoms with van der Waals surface area (Å²) < 4.78 is 37.3. The average Bonchev–Trinajstić information content (AvgIpc) is 2.61. The normalized spacial score (nSPS) is 18.2. The number of rotatable bonds is 6. The number of nitrogens with zero attached hydrogens (tertiary/aromatic N) is 1. The van der Waals surface area contributed by atoms with Crippen LogP contribution in [0.3, 0.4) is 0 Å². The molecule has 1 aromatic rings. The number of amides is 1. The summed E-state index contributed by atoms with van der Waals surface area (Å²) in [7, 11) is -4.36. The van der Waals surface area contributed by atoms with Gasteiger partial charge in [-0.25, -0.2) is 12.7 Å². The Balaban J connectivity index is 2.01. The maximum atomic E-state index is 12.5. The Morgan fingerprint density at radius 2 is 1.88 bits per heavy atom. The molecule has 134 valence electrons. The fourth-order valence-electron chi connectivity index (χ4n) is 2.73. The van der Waals surface area contributed by atoms with E-state index >= 15 is 0 Å². The maximum Gasteiger partial charge on any atom is 0.252 e. The number of sulfonamides is 1.